The molecule has 1 aliphatic heterocycles. The van der Waals surface area contributed by atoms with Crippen LogP contribution in [0.25, 0.3) is 0 Å². The second-order valence-corrected chi connectivity index (χ2v) is 3.87. The number of benzene rings is 1. The van der Waals surface area contributed by atoms with Crippen LogP contribution in [0.3, 0.4) is 0 Å². The van der Waals surface area contributed by atoms with Crippen LogP contribution in [-0.2, 0) is 0 Å². The highest BCUT2D eigenvalue weighted by atomic mass is 19.1. The third kappa shape index (κ3) is 1.74. The average Bonchev–Trinajstić information content (AvgIpc) is 2.58. The molecule has 1 heterocycles. The number of anilines is 1. The Balaban J connectivity index is 2.43. The quantitative estimate of drug-likeness (QED) is 0.685. The first-order chi connectivity index (χ1) is 7.09. The molecule has 1 saturated heterocycles. The van der Waals surface area contributed by atoms with Crippen LogP contribution in [0, 0.1) is 18.6 Å². The molecule has 1 aromatic carbocycles. The fourth-order valence-electron chi connectivity index (χ4n) is 1.87. The van der Waals surface area contributed by atoms with E-state index in [1.807, 2.05) is 0 Å². The molecule has 1 fully saturated rings. The van der Waals surface area contributed by atoms with Crippen LogP contribution in [0.5, 0.6) is 0 Å². The van der Waals surface area contributed by atoms with Crippen LogP contribution in [0.4, 0.5) is 14.5 Å². The minimum Gasteiger partial charge on any atom is -0.343 e. The molecule has 0 aromatic heterocycles. The fraction of sp³-hybridized carbons (Fsp3) is 0.333. The third-order valence-corrected chi connectivity index (χ3v) is 2.75. The maximum Gasteiger partial charge on any atom is 0.147 e. The second-order valence-electron chi connectivity index (χ2n) is 3.87. The van der Waals surface area contributed by atoms with Crippen LogP contribution in [0.15, 0.2) is 24.4 Å². The van der Waals surface area contributed by atoms with Gasteiger partial charge in [-0.2, -0.15) is 0 Å². The van der Waals surface area contributed by atoms with Gasteiger partial charge in [0.25, 0.3) is 0 Å². The molecule has 1 nitrogen and oxygen atoms in total. The zero-order valence-corrected chi connectivity index (χ0v) is 8.69. The first-order valence-electron chi connectivity index (χ1n) is 5.00. The summed E-state index contributed by atoms with van der Waals surface area (Å²) in [7, 11) is 0. The number of allylic oxidation sites excluding steroid dienone is 1. The number of halogens is 2. The largest absolute Gasteiger partial charge is 0.343 e. The predicted octanol–water partition coefficient (Wildman–Crippen LogP) is 3.39. The number of rotatable bonds is 1. The maximum atomic E-state index is 13.6. The summed E-state index contributed by atoms with van der Waals surface area (Å²) in [6, 6.07) is 2.48. The number of nitrogens with zero attached hydrogens (tertiary/aromatic N) is 1. The summed E-state index contributed by atoms with van der Waals surface area (Å²) in [4.78, 5) is 1.75. The standard InChI is InChI=1S/C12H13F2N/c1-8-6-11(14)12(7-10(8)13)15-5-3-4-9(15)2/h6-7H,2-5H2,1H3. The van der Waals surface area contributed by atoms with E-state index >= 15 is 0 Å². The van der Waals surface area contributed by atoms with Crippen LogP contribution in [-0.4, -0.2) is 6.54 Å². The molecule has 0 radical (unpaired) electrons. The Morgan fingerprint density at radius 1 is 1.27 bits per heavy atom. The molecule has 0 aliphatic carbocycles. The van der Waals surface area contributed by atoms with Gasteiger partial charge in [0.1, 0.15) is 11.6 Å². The number of aryl methyl sites for hydroxylation is 1. The number of hydrogen-bond acceptors (Lipinski definition) is 1. The number of hydrogen-bond donors (Lipinski definition) is 0. The van der Waals surface area contributed by atoms with Crippen molar-refractivity contribution in [2.45, 2.75) is 19.8 Å². The second kappa shape index (κ2) is 3.65. The van der Waals surface area contributed by atoms with Gasteiger partial charge < -0.3 is 4.90 Å². The van der Waals surface area contributed by atoms with E-state index in [9.17, 15) is 8.78 Å². The molecule has 0 bridgehead atoms. The maximum absolute atomic E-state index is 13.6. The van der Waals surface area contributed by atoms with E-state index in [1.165, 1.54) is 12.1 Å². The van der Waals surface area contributed by atoms with Crippen molar-refractivity contribution in [2.75, 3.05) is 11.4 Å². The predicted molar refractivity (Wildman–Crippen MR) is 56.8 cm³/mol. The Bertz CT molecular complexity index is 412. The van der Waals surface area contributed by atoms with Crippen molar-refractivity contribution in [1.82, 2.24) is 0 Å². The Labute approximate surface area is 88.0 Å². The van der Waals surface area contributed by atoms with Crippen molar-refractivity contribution in [3.05, 3.63) is 41.6 Å². The summed E-state index contributed by atoms with van der Waals surface area (Å²) in [5.74, 6) is -0.747. The lowest BCUT2D eigenvalue weighted by Gasteiger charge is -2.20. The first-order valence-corrected chi connectivity index (χ1v) is 5.00. The molecule has 15 heavy (non-hydrogen) atoms. The van der Waals surface area contributed by atoms with Crippen molar-refractivity contribution >= 4 is 5.69 Å². The third-order valence-electron chi connectivity index (χ3n) is 2.75. The van der Waals surface area contributed by atoms with E-state index in [4.69, 9.17) is 0 Å². The molecule has 80 valence electrons. The molecule has 0 atom stereocenters. The molecule has 0 saturated carbocycles. The van der Waals surface area contributed by atoms with E-state index in [0.29, 0.717) is 11.3 Å². The highest BCUT2D eigenvalue weighted by Crippen LogP contribution is 2.30. The van der Waals surface area contributed by atoms with Crippen molar-refractivity contribution in [2.24, 2.45) is 0 Å². The highest BCUT2D eigenvalue weighted by Gasteiger charge is 2.20. The van der Waals surface area contributed by atoms with Crippen molar-refractivity contribution in [1.29, 1.82) is 0 Å². The van der Waals surface area contributed by atoms with Crippen LogP contribution in [0.1, 0.15) is 18.4 Å². The van der Waals surface area contributed by atoms with Crippen molar-refractivity contribution in [3.63, 3.8) is 0 Å². The molecule has 3 heteroatoms. The molecule has 1 aromatic rings. The summed E-state index contributed by atoms with van der Waals surface area (Å²) in [5.41, 5.74) is 1.50. The van der Waals surface area contributed by atoms with Gasteiger partial charge in [-0.05, 0) is 31.4 Å². The Hall–Kier alpha value is -1.38. The van der Waals surface area contributed by atoms with Crippen molar-refractivity contribution in [3.8, 4) is 0 Å². The normalized spacial score (nSPS) is 16.2. The monoisotopic (exact) mass is 209 g/mol. The average molecular weight is 209 g/mol. The fourth-order valence-corrected chi connectivity index (χ4v) is 1.87. The van der Waals surface area contributed by atoms with E-state index in [2.05, 4.69) is 6.58 Å². The van der Waals surface area contributed by atoms with E-state index in [-0.39, 0.29) is 11.6 Å². The Morgan fingerprint density at radius 2 is 2.00 bits per heavy atom. The Kier molecular flexibility index (Phi) is 2.47. The zero-order chi connectivity index (χ0) is 11.0. The van der Waals surface area contributed by atoms with E-state index in [1.54, 1.807) is 11.8 Å². The molecule has 1 aliphatic rings. The van der Waals surface area contributed by atoms with Gasteiger partial charge in [0.05, 0.1) is 5.69 Å². The molecular formula is C12H13F2N. The van der Waals surface area contributed by atoms with Gasteiger partial charge in [-0.3, -0.25) is 0 Å². The smallest absolute Gasteiger partial charge is 0.147 e. The highest BCUT2D eigenvalue weighted by molar-refractivity contribution is 5.55. The minimum atomic E-state index is -0.378. The molecule has 2 rings (SSSR count). The molecule has 0 N–H and O–H groups in total. The van der Waals surface area contributed by atoms with Crippen LogP contribution < -0.4 is 4.90 Å². The summed E-state index contributed by atoms with van der Waals surface area (Å²) in [6.07, 6.45) is 1.81. The zero-order valence-electron chi connectivity index (χ0n) is 8.69. The van der Waals surface area contributed by atoms with Crippen molar-refractivity contribution < 1.29 is 8.78 Å². The van der Waals surface area contributed by atoms with Gasteiger partial charge in [0, 0.05) is 18.3 Å². The lowest BCUT2D eigenvalue weighted by molar-refractivity contribution is 0.591. The SMILES string of the molecule is C=C1CCCN1c1cc(F)c(C)cc1F. The molecule has 0 spiro atoms. The Morgan fingerprint density at radius 3 is 2.60 bits per heavy atom. The van der Waals surface area contributed by atoms with Gasteiger partial charge in [-0.15, -0.1) is 0 Å². The summed E-state index contributed by atoms with van der Waals surface area (Å²) in [5, 5.41) is 0. The van der Waals surface area contributed by atoms with Gasteiger partial charge in [-0.25, -0.2) is 8.78 Å². The summed E-state index contributed by atoms with van der Waals surface area (Å²) < 4.78 is 26.9. The summed E-state index contributed by atoms with van der Waals surface area (Å²) >= 11 is 0. The van der Waals surface area contributed by atoms with Gasteiger partial charge in [-0.1, -0.05) is 6.58 Å². The summed E-state index contributed by atoms with van der Waals surface area (Å²) in [6.45, 7) is 6.12. The van der Waals surface area contributed by atoms with E-state index in [0.717, 1.165) is 25.1 Å². The lowest BCUT2D eigenvalue weighted by Crippen LogP contribution is -2.17. The minimum absolute atomic E-state index is 0.306. The van der Waals surface area contributed by atoms with Crippen LogP contribution >= 0.6 is 0 Å². The molecule has 0 unspecified atom stereocenters. The first kappa shape index (κ1) is 10.1. The topological polar surface area (TPSA) is 3.24 Å². The van der Waals surface area contributed by atoms with Crippen LogP contribution in [0.2, 0.25) is 0 Å². The lowest BCUT2D eigenvalue weighted by atomic mass is 10.2. The van der Waals surface area contributed by atoms with Gasteiger partial charge in [0.15, 0.2) is 0 Å². The van der Waals surface area contributed by atoms with E-state index < -0.39 is 0 Å². The molecular weight excluding hydrogens is 196 g/mol. The van der Waals surface area contributed by atoms with Gasteiger partial charge >= 0.3 is 0 Å². The molecule has 0 amide bonds. The van der Waals surface area contributed by atoms with Gasteiger partial charge in [0.2, 0.25) is 0 Å².